The first-order valence-corrected chi connectivity index (χ1v) is 7.13. The number of imidazole rings is 1. The number of rotatable bonds is 7. The minimum atomic E-state index is -1.06. The van der Waals surface area contributed by atoms with E-state index in [0.29, 0.717) is 22.2 Å². The molecule has 0 saturated carbocycles. The summed E-state index contributed by atoms with van der Waals surface area (Å²) in [5.74, 6) is 0. The van der Waals surface area contributed by atoms with E-state index >= 15 is 0 Å². The van der Waals surface area contributed by atoms with E-state index in [4.69, 9.17) is 32.8 Å². The summed E-state index contributed by atoms with van der Waals surface area (Å²) in [5, 5.41) is 10.7. The van der Waals surface area contributed by atoms with Gasteiger partial charge >= 0.3 is 0 Å². The Labute approximate surface area is 136 Å². The first-order valence-electron chi connectivity index (χ1n) is 6.38. The van der Waals surface area contributed by atoms with Crippen LogP contribution in [0, 0.1) is 10.1 Å². The molecule has 22 heavy (non-hydrogen) atoms. The molecule has 0 amide bonds. The van der Waals surface area contributed by atoms with Gasteiger partial charge in [0, 0.05) is 34.6 Å². The number of hydrogen-bond donors (Lipinski definition) is 0. The van der Waals surface area contributed by atoms with Crippen LogP contribution in [-0.4, -0.2) is 21.2 Å². The van der Waals surface area contributed by atoms with E-state index < -0.39 is 17.4 Å². The summed E-state index contributed by atoms with van der Waals surface area (Å²) >= 11 is 12.1. The molecule has 0 aliphatic heterocycles. The number of halogens is 2. The Hall–Kier alpha value is -1.83. The van der Waals surface area contributed by atoms with Gasteiger partial charge in [-0.05, 0) is 19.1 Å². The molecule has 118 valence electrons. The van der Waals surface area contributed by atoms with Crippen LogP contribution in [0.2, 0.25) is 10.0 Å². The lowest BCUT2D eigenvalue weighted by Crippen LogP contribution is -2.25. The number of ether oxygens (including phenoxy) is 1. The lowest BCUT2D eigenvalue weighted by Gasteiger charge is -2.27. The average Bonchev–Trinajstić information content (AvgIpc) is 2.97. The molecule has 0 saturated heterocycles. The van der Waals surface area contributed by atoms with Gasteiger partial charge in [-0.25, -0.2) is 4.98 Å². The van der Waals surface area contributed by atoms with Crippen molar-refractivity contribution in [1.82, 2.24) is 9.55 Å². The molecule has 1 aromatic carbocycles. The standard InChI is InChI=1S/C13H13Cl2N3O4/c1-2-21-12(10-4-3-9(14)7-11(10)15)13(22-18(19)20)17-6-5-16-8-17/h3-8,12-13H,2H2,1H3. The monoisotopic (exact) mass is 345 g/mol. The summed E-state index contributed by atoms with van der Waals surface area (Å²) in [6.45, 7) is 2.09. The van der Waals surface area contributed by atoms with Crippen molar-refractivity contribution in [3.63, 3.8) is 0 Å². The van der Waals surface area contributed by atoms with Crippen LogP contribution in [-0.2, 0) is 9.57 Å². The fourth-order valence-corrected chi connectivity index (χ4v) is 2.53. The lowest BCUT2D eigenvalue weighted by atomic mass is 10.1. The fourth-order valence-electron chi connectivity index (χ4n) is 2.01. The van der Waals surface area contributed by atoms with Crippen LogP contribution in [0.25, 0.3) is 0 Å². The Morgan fingerprint density at radius 1 is 1.45 bits per heavy atom. The Kier molecular flexibility index (Phi) is 5.59. The molecule has 0 N–H and O–H groups in total. The van der Waals surface area contributed by atoms with Crippen LogP contribution in [0.3, 0.4) is 0 Å². The third kappa shape index (κ3) is 3.88. The first kappa shape index (κ1) is 16.5. The number of aromatic nitrogens is 2. The quantitative estimate of drug-likeness (QED) is 0.564. The van der Waals surface area contributed by atoms with E-state index in [2.05, 4.69) is 4.98 Å². The van der Waals surface area contributed by atoms with Crippen molar-refractivity contribution in [2.24, 2.45) is 0 Å². The normalized spacial score (nSPS) is 13.6. The van der Waals surface area contributed by atoms with Gasteiger partial charge in [-0.3, -0.25) is 4.84 Å². The topological polar surface area (TPSA) is 79.4 Å². The highest BCUT2D eigenvalue weighted by atomic mass is 35.5. The van der Waals surface area contributed by atoms with Gasteiger partial charge in [-0.15, -0.1) is 10.1 Å². The predicted molar refractivity (Wildman–Crippen MR) is 80.2 cm³/mol. The van der Waals surface area contributed by atoms with Crippen LogP contribution in [0.4, 0.5) is 0 Å². The predicted octanol–water partition coefficient (Wildman–Crippen LogP) is 3.67. The van der Waals surface area contributed by atoms with Crippen LogP contribution in [0.5, 0.6) is 0 Å². The molecule has 0 fully saturated rings. The SMILES string of the molecule is CCOC(c1ccc(Cl)cc1Cl)C(O[N+](=O)[O-])n1ccnc1. The summed E-state index contributed by atoms with van der Waals surface area (Å²) in [4.78, 5) is 19.5. The molecule has 0 aliphatic rings. The van der Waals surface area contributed by atoms with Gasteiger partial charge in [-0.1, -0.05) is 29.3 Å². The average molecular weight is 346 g/mol. The van der Waals surface area contributed by atoms with E-state index in [1.165, 1.54) is 17.1 Å². The minimum absolute atomic E-state index is 0.315. The summed E-state index contributed by atoms with van der Waals surface area (Å²) < 4.78 is 7.07. The number of nitrogens with zero attached hydrogens (tertiary/aromatic N) is 3. The molecule has 0 bridgehead atoms. The van der Waals surface area contributed by atoms with Crippen molar-refractivity contribution in [2.45, 2.75) is 19.3 Å². The summed E-state index contributed by atoms with van der Waals surface area (Å²) in [6.07, 6.45) is 2.59. The lowest BCUT2D eigenvalue weighted by molar-refractivity contribution is -0.778. The van der Waals surface area contributed by atoms with Crippen molar-refractivity contribution in [3.8, 4) is 0 Å². The molecule has 2 atom stereocenters. The Bertz CT molecular complexity index is 636. The van der Waals surface area contributed by atoms with Crippen LogP contribution < -0.4 is 0 Å². The zero-order chi connectivity index (χ0) is 16.1. The third-order valence-corrected chi connectivity index (χ3v) is 3.45. The second kappa shape index (κ2) is 7.44. The zero-order valence-corrected chi connectivity index (χ0v) is 13.1. The summed E-state index contributed by atoms with van der Waals surface area (Å²) in [6, 6.07) is 4.83. The number of benzene rings is 1. The molecule has 0 spiro atoms. The van der Waals surface area contributed by atoms with Crippen molar-refractivity contribution in [1.29, 1.82) is 0 Å². The molecular weight excluding hydrogens is 333 g/mol. The molecule has 2 aromatic rings. The first-order chi connectivity index (χ1) is 10.5. The summed E-state index contributed by atoms with van der Waals surface area (Å²) in [5.41, 5.74) is 0.536. The second-order valence-corrected chi connectivity index (χ2v) is 5.11. The van der Waals surface area contributed by atoms with E-state index in [-0.39, 0.29) is 0 Å². The van der Waals surface area contributed by atoms with Gasteiger partial charge in [0.1, 0.15) is 6.10 Å². The molecule has 0 aliphatic carbocycles. The van der Waals surface area contributed by atoms with E-state index in [1.807, 2.05) is 0 Å². The molecular formula is C13H13Cl2N3O4. The molecule has 2 unspecified atom stereocenters. The highest BCUT2D eigenvalue weighted by molar-refractivity contribution is 6.35. The Balaban J connectivity index is 2.44. The van der Waals surface area contributed by atoms with E-state index in [9.17, 15) is 10.1 Å². The molecule has 1 heterocycles. The van der Waals surface area contributed by atoms with Crippen molar-refractivity contribution >= 4 is 23.2 Å². The van der Waals surface area contributed by atoms with Gasteiger partial charge in [0.2, 0.25) is 6.23 Å². The smallest absolute Gasteiger partial charge is 0.296 e. The molecule has 7 nitrogen and oxygen atoms in total. The van der Waals surface area contributed by atoms with Gasteiger partial charge in [0.05, 0.1) is 6.33 Å². The minimum Gasteiger partial charge on any atom is -0.369 e. The van der Waals surface area contributed by atoms with E-state index in [0.717, 1.165) is 0 Å². The maximum absolute atomic E-state index is 10.8. The van der Waals surface area contributed by atoms with Crippen molar-refractivity contribution in [3.05, 3.63) is 62.6 Å². The maximum Gasteiger partial charge on any atom is 0.296 e. The van der Waals surface area contributed by atoms with Gasteiger partial charge in [-0.2, -0.15) is 0 Å². The molecule has 0 radical (unpaired) electrons. The summed E-state index contributed by atoms with van der Waals surface area (Å²) in [7, 11) is 0. The van der Waals surface area contributed by atoms with Crippen LogP contribution in [0.1, 0.15) is 24.8 Å². The van der Waals surface area contributed by atoms with Gasteiger partial charge in [0.15, 0.2) is 0 Å². The zero-order valence-electron chi connectivity index (χ0n) is 11.6. The van der Waals surface area contributed by atoms with Crippen molar-refractivity contribution < 1.29 is 14.7 Å². The molecule has 1 aromatic heterocycles. The third-order valence-electron chi connectivity index (χ3n) is 2.89. The highest BCUT2D eigenvalue weighted by Crippen LogP contribution is 2.36. The Morgan fingerprint density at radius 2 is 2.23 bits per heavy atom. The van der Waals surface area contributed by atoms with Crippen molar-refractivity contribution in [2.75, 3.05) is 6.61 Å². The fraction of sp³-hybridized carbons (Fsp3) is 0.308. The molecule has 2 rings (SSSR count). The highest BCUT2D eigenvalue weighted by Gasteiger charge is 2.30. The van der Waals surface area contributed by atoms with Gasteiger partial charge in [0.25, 0.3) is 5.09 Å². The largest absolute Gasteiger partial charge is 0.369 e. The second-order valence-electron chi connectivity index (χ2n) is 4.27. The Morgan fingerprint density at radius 3 is 2.77 bits per heavy atom. The van der Waals surface area contributed by atoms with Crippen LogP contribution in [0.15, 0.2) is 36.9 Å². The van der Waals surface area contributed by atoms with Crippen LogP contribution >= 0.6 is 23.2 Å². The van der Waals surface area contributed by atoms with Gasteiger partial charge < -0.3 is 9.30 Å². The molecule has 9 heteroatoms. The van der Waals surface area contributed by atoms with E-state index in [1.54, 1.807) is 31.3 Å². The maximum atomic E-state index is 10.8. The number of hydrogen-bond acceptors (Lipinski definition) is 5.